The summed E-state index contributed by atoms with van der Waals surface area (Å²) in [6.45, 7) is 3.31. The topological polar surface area (TPSA) is 25.2 Å². The van der Waals surface area contributed by atoms with Crippen LogP contribution in [0.5, 0.6) is 0 Å². The Morgan fingerprint density at radius 3 is 2.79 bits per heavy atom. The summed E-state index contributed by atoms with van der Waals surface area (Å²) < 4.78 is 5.03. The largest absolute Gasteiger partial charge is 0.472 e. The molecular weight excluding hydrogens is 174 g/mol. The van der Waals surface area contributed by atoms with E-state index < -0.39 is 0 Å². The van der Waals surface area contributed by atoms with Crippen molar-refractivity contribution in [2.45, 2.75) is 45.2 Å². The average molecular weight is 193 g/mol. The molecule has 1 heterocycles. The van der Waals surface area contributed by atoms with E-state index in [4.69, 9.17) is 4.42 Å². The minimum Gasteiger partial charge on any atom is -0.472 e. The Hall–Kier alpha value is -0.760. The summed E-state index contributed by atoms with van der Waals surface area (Å²) in [7, 11) is 0. The van der Waals surface area contributed by atoms with E-state index in [9.17, 15) is 0 Å². The fourth-order valence-electron chi connectivity index (χ4n) is 2.12. The Balaban J connectivity index is 1.71. The summed E-state index contributed by atoms with van der Waals surface area (Å²) in [4.78, 5) is 0. The Morgan fingerprint density at radius 2 is 2.14 bits per heavy atom. The van der Waals surface area contributed by atoms with Crippen LogP contribution in [0.25, 0.3) is 0 Å². The van der Waals surface area contributed by atoms with Gasteiger partial charge in [-0.15, -0.1) is 0 Å². The van der Waals surface area contributed by atoms with Crippen molar-refractivity contribution in [3.8, 4) is 0 Å². The van der Waals surface area contributed by atoms with Gasteiger partial charge in [0.25, 0.3) is 0 Å². The molecule has 0 amide bonds. The van der Waals surface area contributed by atoms with Gasteiger partial charge in [-0.2, -0.15) is 0 Å². The van der Waals surface area contributed by atoms with Crippen LogP contribution in [0.2, 0.25) is 0 Å². The predicted octanol–water partition coefficient (Wildman–Crippen LogP) is 2.95. The van der Waals surface area contributed by atoms with Crippen LogP contribution in [0.3, 0.4) is 0 Å². The standard InChI is InChI=1S/C12H19NO/c1-10-2-4-12(5-3-10)13-8-11-6-7-14-9-11/h6-7,9-10,12-13H,2-5,8H2,1H3. The van der Waals surface area contributed by atoms with E-state index in [0.717, 1.165) is 18.5 Å². The van der Waals surface area contributed by atoms with Crippen LogP contribution in [0, 0.1) is 5.92 Å². The van der Waals surface area contributed by atoms with Crippen LogP contribution in [-0.4, -0.2) is 6.04 Å². The number of furan rings is 1. The van der Waals surface area contributed by atoms with Gasteiger partial charge in [0.05, 0.1) is 12.5 Å². The highest BCUT2D eigenvalue weighted by Crippen LogP contribution is 2.23. The average Bonchev–Trinajstić information content (AvgIpc) is 2.70. The molecule has 1 aliphatic carbocycles. The molecule has 0 atom stereocenters. The van der Waals surface area contributed by atoms with Crippen molar-refractivity contribution in [1.29, 1.82) is 0 Å². The van der Waals surface area contributed by atoms with E-state index >= 15 is 0 Å². The molecular formula is C12H19NO. The fraction of sp³-hybridized carbons (Fsp3) is 0.667. The van der Waals surface area contributed by atoms with E-state index in [1.807, 2.05) is 12.3 Å². The zero-order valence-corrected chi connectivity index (χ0v) is 8.83. The van der Waals surface area contributed by atoms with Gasteiger partial charge in [0.15, 0.2) is 0 Å². The van der Waals surface area contributed by atoms with E-state index in [1.165, 1.54) is 31.2 Å². The van der Waals surface area contributed by atoms with Gasteiger partial charge in [-0.1, -0.05) is 6.92 Å². The van der Waals surface area contributed by atoms with Crippen molar-refractivity contribution in [3.05, 3.63) is 24.2 Å². The molecule has 0 unspecified atom stereocenters. The van der Waals surface area contributed by atoms with Gasteiger partial charge >= 0.3 is 0 Å². The quantitative estimate of drug-likeness (QED) is 0.798. The maximum atomic E-state index is 5.03. The van der Waals surface area contributed by atoms with Crippen molar-refractivity contribution < 1.29 is 4.42 Å². The van der Waals surface area contributed by atoms with Gasteiger partial charge in [0, 0.05) is 18.2 Å². The summed E-state index contributed by atoms with van der Waals surface area (Å²) in [5.74, 6) is 0.932. The van der Waals surface area contributed by atoms with Crippen molar-refractivity contribution >= 4 is 0 Å². The monoisotopic (exact) mass is 193 g/mol. The lowest BCUT2D eigenvalue weighted by molar-refractivity contribution is 0.306. The molecule has 2 nitrogen and oxygen atoms in total. The molecule has 0 aromatic carbocycles. The second kappa shape index (κ2) is 4.65. The summed E-state index contributed by atoms with van der Waals surface area (Å²) in [6, 6.07) is 2.75. The summed E-state index contributed by atoms with van der Waals surface area (Å²) in [6.07, 6.45) is 8.97. The smallest absolute Gasteiger partial charge is 0.0947 e. The molecule has 1 aromatic rings. The molecule has 1 aromatic heterocycles. The lowest BCUT2D eigenvalue weighted by Crippen LogP contribution is -2.32. The number of nitrogens with one attached hydrogen (secondary N) is 1. The van der Waals surface area contributed by atoms with Crippen LogP contribution in [-0.2, 0) is 6.54 Å². The molecule has 0 spiro atoms. The van der Waals surface area contributed by atoms with Gasteiger partial charge in [-0.3, -0.25) is 0 Å². The Labute approximate surface area is 85.7 Å². The molecule has 1 aliphatic rings. The molecule has 1 saturated carbocycles. The van der Waals surface area contributed by atoms with Crippen LogP contribution >= 0.6 is 0 Å². The molecule has 2 heteroatoms. The first kappa shape index (κ1) is 9.78. The van der Waals surface area contributed by atoms with Crippen molar-refractivity contribution in [1.82, 2.24) is 5.32 Å². The Kier molecular flexibility index (Phi) is 3.25. The molecule has 1 N–H and O–H groups in total. The van der Waals surface area contributed by atoms with Crippen LogP contribution < -0.4 is 5.32 Å². The molecule has 78 valence electrons. The first-order valence-corrected chi connectivity index (χ1v) is 5.59. The molecule has 0 bridgehead atoms. The summed E-state index contributed by atoms with van der Waals surface area (Å²) in [5, 5.41) is 3.58. The minimum atomic E-state index is 0.723. The van der Waals surface area contributed by atoms with E-state index in [1.54, 1.807) is 6.26 Å². The molecule has 0 saturated heterocycles. The van der Waals surface area contributed by atoms with Gasteiger partial charge in [0.2, 0.25) is 0 Å². The number of rotatable bonds is 3. The zero-order valence-electron chi connectivity index (χ0n) is 8.83. The SMILES string of the molecule is CC1CCC(NCc2ccoc2)CC1. The Morgan fingerprint density at radius 1 is 1.36 bits per heavy atom. The van der Waals surface area contributed by atoms with E-state index in [0.29, 0.717) is 0 Å². The third-order valence-electron chi connectivity index (χ3n) is 3.19. The Bertz CT molecular complexity index is 247. The molecule has 1 fully saturated rings. The van der Waals surface area contributed by atoms with E-state index in [-0.39, 0.29) is 0 Å². The maximum absolute atomic E-state index is 5.03. The van der Waals surface area contributed by atoms with Crippen LogP contribution in [0.15, 0.2) is 23.0 Å². The highest BCUT2D eigenvalue weighted by atomic mass is 16.3. The van der Waals surface area contributed by atoms with Crippen LogP contribution in [0.1, 0.15) is 38.2 Å². The van der Waals surface area contributed by atoms with Crippen molar-refractivity contribution in [3.63, 3.8) is 0 Å². The van der Waals surface area contributed by atoms with Crippen molar-refractivity contribution in [2.24, 2.45) is 5.92 Å². The van der Waals surface area contributed by atoms with Crippen LogP contribution in [0.4, 0.5) is 0 Å². The first-order chi connectivity index (χ1) is 6.84. The van der Waals surface area contributed by atoms with Gasteiger partial charge in [0.1, 0.15) is 0 Å². The summed E-state index contributed by atoms with van der Waals surface area (Å²) in [5.41, 5.74) is 1.25. The number of hydrogen-bond acceptors (Lipinski definition) is 2. The molecule has 14 heavy (non-hydrogen) atoms. The van der Waals surface area contributed by atoms with Gasteiger partial charge in [-0.25, -0.2) is 0 Å². The molecule has 2 rings (SSSR count). The third-order valence-corrected chi connectivity index (χ3v) is 3.19. The molecule has 0 aliphatic heterocycles. The lowest BCUT2D eigenvalue weighted by Gasteiger charge is -2.26. The number of hydrogen-bond donors (Lipinski definition) is 1. The second-order valence-electron chi connectivity index (χ2n) is 4.47. The highest BCUT2D eigenvalue weighted by Gasteiger charge is 2.17. The predicted molar refractivity (Wildman–Crippen MR) is 57.0 cm³/mol. The van der Waals surface area contributed by atoms with Gasteiger partial charge in [-0.05, 0) is 37.7 Å². The second-order valence-corrected chi connectivity index (χ2v) is 4.47. The fourth-order valence-corrected chi connectivity index (χ4v) is 2.12. The lowest BCUT2D eigenvalue weighted by atomic mass is 9.87. The summed E-state index contributed by atoms with van der Waals surface area (Å²) >= 11 is 0. The normalized spacial score (nSPS) is 27.8. The minimum absolute atomic E-state index is 0.723. The first-order valence-electron chi connectivity index (χ1n) is 5.59. The van der Waals surface area contributed by atoms with Crippen molar-refractivity contribution in [2.75, 3.05) is 0 Å². The third kappa shape index (κ3) is 2.61. The van der Waals surface area contributed by atoms with Gasteiger partial charge < -0.3 is 9.73 Å². The molecule has 0 radical (unpaired) electrons. The maximum Gasteiger partial charge on any atom is 0.0947 e. The van der Waals surface area contributed by atoms with E-state index in [2.05, 4.69) is 12.2 Å². The zero-order chi connectivity index (χ0) is 9.80. The highest BCUT2D eigenvalue weighted by molar-refractivity contribution is 5.04.